The van der Waals surface area contributed by atoms with E-state index in [1.807, 2.05) is 19.1 Å². The molecule has 0 saturated heterocycles. The third-order valence-electron chi connectivity index (χ3n) is 2.90. The fraction of sp³-hybridized carbons (Fsp3) is 0.571. The predicted molar refractivity (Wildman–Crippen MR) is 78.8 cm³/mol. The third-order valence-corrected chi connectivity index (χ3v) is 4.37. The molecule has 0 saturated carbocycles. The van der Waals surface area contributed by atoms with Gasteiger partial charge in [0.1, 0.15) is 0 Å². The van der Waals surface area contributed by atoms with Gasteiger partial charge in [0, 0.05) is 6.54 Å². The summed E-state index contributed by atoms with van der Waals surface area (Å²) in [5.74, 6) is 0. The van der Waals surface area contributed by atoms with Crippen molar-refractivity contribution in [3.05, 3.63) is 29.8 Å². The molecule has 0 aliphatic heterocycles. The van der Waals surface area contributed by atoms with Crippen LogP contribution in [-0.4, -0.2) is 28.1 Å². The fourth-order valence-corrected chi connectivity index (χ4v) is 2.79. The van der Waals surface area contributed by atoms with Crippen molar-refractivity contribution in [1.82, 2.24) is 10.0 Å². The van der Waals surface area contributed by atoms with E-state index in [-0.39, 0.29) is 0 Å². The zero-order valence-electron chi connectivity index (χ0n) is 11.8. The van der Waals surface area contributed by atoms with Gasteiger partial charge in [-0.2, -0.15) is 0 Å². The number of nitrogens with one attached hydrogen (secondary N) is 2. The highest BCUT2D eigenvalue weighted by Gasteiger charge is 2.12. The summed E-state index contributed by atoms with van der Waals surface area (Å²) < 4.78 is 26.5. The first-order valence-electron chi connectivity index (χ1n) is 6.89. The van der Waals surface area contributed by atoms with Crippen LogP contribution in [0.4, 0.5) is 0 Å². The Balaban J connectivity index is 2.59. The van der Waals surface area contributed by atoms with E-state index in [2.05, 4.69) is 17.0 Å². The molecule has 1 aromatic carbocycles. The van der Waals surface area contributed by atoms with Crippen molar-refractivity contribution in [2.75, 3.05) is 19.6 Å². The molecule has 0 atom stereocenters. The van der Waals surface area contributed by atoms with Crippen molar-refractivity contribution in [3.63, 3.8) is 0 Å². The van der Waals surface area contributed by atoms with Crippen molar-refractivity contribution in [1.29, 1.82) is 0 Å². The number of benzene rings is 1. The smallest absolute Gasteiger partial charge is 0.240 e. The number of unbranched alkanes of at least 4 members (excludes halogenated alkanes) is 1. The van der Waals surface area contributed by atoms with Crippen LogP contribution in [0.25, 0.3) is 0 Å². The molecule has 0 spiro atoms. The maximum absolute atomic E-state index is 12.0. The van der Waals surface area contributed by atoms with Crippen molar-refractivity contribution < 1.29 is 8.42 Å². The predicted octanol–water partition coefficient (Wildman–Crippen LogP) is 1.92. The molecule has 108 valence electrons. The highest BCUT2D eigenvalue weighted by Crippen LogP contribution is 2.10. The number of sulfonamides is 1. The molecule has 4 nitrogen and oxygen atoms in total. The molecular formula is C14H24N2O2S. The maximum Gasteiger partial charge on any atom is 0.240 e. The minimum Gasteiger partial charge on any atom is -0.317 e. The SMILES string of the molecule is CCCCNS(=O)(=O)c1ccc(CCNCC)cc1. The van der Waals surface area contributed by atoms with E-state index in [1.54, 1.807) is 12.1 Å². The standard InChI is InChI=1S/C14H24N2O2S/c1-3-5-11-16-19(17,18)14-8-6-13(7-9-14)10-12-15-4-2/h6-9,15-16H,3-5,10-12H2,1-2H3. The first-order chi connectivity index (χ1) is 9.10. The molecule has 0 unspecified atom stereocenters. The van der Waals surface area contributed by atoms with Crippen LogP contribution in [-0.2, 0) is 16.4 Å². The minimum absolute atomic E-state index is 0.343. The monoisotopic (exact) mass is 284 g/mol. The second-order valence-electron chi connectivity index (χ2n) is 4.50. The molecule has 5 heteroatoms. The lowest BCUT2D eigenvalue weighted by atomic mass is 10.1. The first kappa shape index (κ1) is 16.1. The summed E-state index contributed by atoms with van der Waals surface area (Å²) in [5, 5.41) is 3.25. The molecule has 1 aromatic rings. The molecule has 0 heterocycles. The molecule has 19 heavy (non-hydrogen) atoms. The van der Waals surface area contributed by atoms with E-state index in [0.29, 0.717) is 11.4 Å². The highest BCUT2D eigenvalue weighted by atomic mass is 32.2. The van der Waals surface area contributed by atoms with Crippen LogP contribution in [0.3, 0.4) is 0 Å². The van der Waals surface area contributed by atoms with Crippen molar-refractivity contribution in [2.24, 2.45) is 0 Å². The molecule has 0 radical (unpaired) electrons. The van der Waals surface area contributed by atoms with Gasteiger partial charge in [0.2, 0.25) is 10.0 Å². The van der Waals surface area contributed by atoms with Gasteiger partial charge < -0.3 is 5.32 Å². The number of rotatable bonds is 9. The Labute approximate surface area is 116 Å². The van der Waals surface area contributed by atoms with E-state index in [4.69, 9.17) is 0 Å². The summed E-state index contributed by atoms with van der Waals surface area (Å²) in [6.45, 7) is 6.47. The van der Waals surface area contributed by atoms with Crippen LogP contribution in [0.1, 0.15) is 32.3 Å². The second-order valence-corrected chi connectivity index (χ2v) is 6.27. The summed E-state index contributed by atoms with van der Waals surface area (Å²) in [6, 6.07) is 7.11. The molecule has 0 aliphatic rings. The van der Waals surface area contributed by atoms with Gasteiger partial charge in [-0.1, -0.05) is 32.4 Å². The van der Waals surface area contributed by atoms with Crippen molar-refractivity contribution in [2.45, 2.75) is 38.0 Å². The Morgan fingerprint density at radius 1 is 1.05 bits per heavy atom. The van der Waals surface area contributed by atoms with E-state index in [9.17, 15) is 8.42 Å². The summed E-state index contributed by atoms with van der Waals surface area (Å²) >= 11 is 0. The Hall–Kier alpha value is -0.910. The zero-order chi connectivity index (χ0) is 14.1. The van der Waals surface area contributed by atoms with Gasteiger partial charge in [-0.3, -0.25) is 0 Å². The van der Waals surface area contributed by atoms with E-state index in [0.717, 1.165) is 37.9 Å². The summed E-state index contributed by atoms with van der Waals surface area (Å²) in [5.41, 5.74) is 1.15. The largest absolute Gasteiger partial charge is 0.317 e. The zero-order valence-corrected chi connectivity index (χ0v) is 12.6. The molecule has 0 fully saturated rings. The summed E-state index contributed by atoms with van der Waals surface area (Å²) in [4.78, 5) is 0.343. The van der Waals surface area contributed by atoms with Gasteiger partial charge in [-0.25, -0.2) is 13.1 Å². The lowest BCUT2D eigenvalue weighted by molar-refractivity contribution is 0.578. The minimum atomic E-state index is -3.34. The Kier molecular flexibility index (Phi) is 7.05. The van der Waals surface area contributed by atoms with Crippen molar-refractivity contribution >= 4 is 10.0 Å². The topological polar surface area (TPSA) is 58.2 Å². The van der Waals surface area contributed by atoms with Crippen molar-refractivity contribution in [3.8, 4) is 0 Å². The lowest BCUT2D eigenvalue weighted by Gasteiger charge is -2.07. The maximum atomic E-state index is 12.0. The molecular weight excluding hydrogens is 260 g/mol. The van der Waals surface area contributed by atoms with E-state index >= 15 is 0 Å². The number of hydrogen-bond donors (Lipinski definition) is 2. The average Bonchev–Trinajstić information content (AvgIpc) is 2.40. The third kappa shape index (κ3) is 5.72. The van der Waals surface area contributed by atoms with Crippen LogP contribution in [0.5, 0.6) is 0 Å². The Bertz CT molecular complexity index is 455. The lowest BCUT2D eigenvalue weighted by Crippen LogP contribution is -2.24. The molecule has 0 aliphatic carbocycles. The van der Waals surface area contributed by atoms with Crippen LogP contribution < -0.4 is 10.0 Å². The molecule has 1 rings (SSSR count). The van der Waals surface area contributed by atoms with Crippen LogP contribution >= 0.6 is 0 Å². The molecule has 0 aromatic heterocycles. The highest BCUT2D eigenvalue weighted by molar-refractivity contribution is 7.89. The van der Waals surface area contributed by atoms with Gasteiger partial charge in [-0.15, -0.1) is 0 Å². The quantitative estimate of drug-likeness (QED) is 0.681. The Morgan fingerprint density at radius 3 is 2.32 bits per heavy atom. The number of likely N-dealkylation sites (N-methyl/N-ethyl adjacent to an activating group) is 1. The van der Waals surface area contributed by atoms with Crippen LogP contribution in [0.15, 0.2) is 29.2 Å². The van der Waals surface area contributed by atoms with E-state index < -0.39 is 10.0 Å². The molecule has 0 amide bonds. The normalized spacial score (nSPS) is 11.7. The van der Waals surface area contributed by atoms with Crippen LogP contribution in [0, 0.1) is 0 Å². The first-order valence-corrected chi connectivity index (χ1v) is 8.37. The molecule has 0 bridgehead atoms. The van der Waals surface area contributed by atoms with Gasteiger partial charge in [0.25, 0.3) is 0 Å². The number of hydrogen-bond acceptors (Lipinski definition) is 3. The summed E-state index contributed by atoms with van der Waals surface area (Å²) in [6.07, 6.45) is 2.75. The molecule has 2 N–H and O–H groups in total. The van der Waals surface area contributed by atoms with Gasteiger partial charge in [0.15, 0.2) is 0 Å². The second kappa shape index (κ2) is 8.30. The van der Waals surface area contributed by atoms with Gasteiger partial charge in [-0.05, 0) is 43.6 Å². The van der Waals surface area contributed by atoms with E-state index in [1.165, 1.54) is 0 Å². The van der Waals surface area contributed by atoms with Crippen LogP contribution in [0.2, 0.25) is 0 Å². The Morgan fingerprint density at radius 2 is 1.74 bits per heavy atom. The average molecular weight is 284 g/mol. The summed E-state index contributed by atoms with van der Waals surface area (Å²) in [7, 11) is -3.34. The fourth-order valence-electron chi connectivity index (χ4n) is 1.71. The van der Waals surface area contributed by atoms with Gasteiger partial charge >= 0.3 is 0 Å². The van der Waals surface area contributed by atoms with Gasteiger partial charge in [0.05, 0.1) is 4.90 Å².